The van der Waals surface area contributed by atoms with Gasteiger partial charge in [0, 0.05) is 0 Å². The van der Waals surface area contributed by atoms with Crippen molar-refractivity contribution in [2.24, 2.45) is 5.73 Å². The van der Waals surface area contributed by atoms with Gasteiger partial charge in [0.25, 0.3) is 0 Å². The monoisotopic (exact) mass is 242 g/mol. The van der Waals surface area contributed by atoms with Crippen molar-refractivity contribution in [3.63, 3.8) is 0 Å². The molecule has 0 aromatic heterocycles. The van der Waals surface area contributed by atoms with Crippen molar-refractivity contribution in [3.05, 3.63) is 23.8 Å². The highest BCUT2D eigenvalue weighted by molar-refractivity contribution is 5.85. The van der Waals surface area contributed by atoms with Crippen LogP contribution in [-0.2, 0) is 0 Å². The van der Waals surface area contributed by atoms with Crippen molar-refractivity contribution in [2.75, 3.05) is 14.2 Å². The quantitative estimate of drug-likeness (QED) is 0.877. The van der Waals surface area contributed by atoms with Crippen molar-refractivity contribution in [2.45, 2.75) is 12.5 Å². The Morgan fingerprint density at radius 2 is 1.81 bits per heavy atom. The summed E-state index contributed by atoms with van der Waals surface area (Å²) in [6, 6.07) is 7.07. The van der Waals surface area contributed by atoms with Gasteiger partial charge >= 0.3 is 0 Å². The van der Waals surface area contributed by atoms with E-state index in [0.717, 1.165) is 5.56 Å². The second kappa shape index (κ2) is 6.94. The minimum absolute atomic E-state index is 0. The molecule has 88 valence electrons. The van der Waals surface area contributed by atoms with Crippen LogP contribution in [0.4, 0.5) is 0 Å². The van der Waals surface area contributed by atoms with Crippen LogP contribution < -0.4 is 15.2 Å². The number of rotatable bonds is 4. The SMILES string of the molecule is COc1cccc(OC)c1[C@H](N)CC#N.Cl. The molecule has 0 aliphatic rings. The minimum atomic E-state index is -0.388. The molecule has 1 atom stereocenters. The van der Waals surface area contributed by atoms with Crippen LogP contribution in [0.5, 0.6) is 11.5 Å². The zero-order chi connectivity index (χ0) is 11.3. The number of hydrogen-bond acceptors (Lipinski definition) is 4. The molecule has 4 nitrogen and oxygen atoms in total. The minimum Gasteiger partial charge on any atom is -0.496 e. The Morgan fingerprint density at radius 1 is 1.31 bits per heavy atom. The molecular weight excluding hydrogens is 228 g/mol. The molecule has 0 unspecified atom stereocenters. The van der Waals surface area contributed by atoms with Gasteiger partial charge in [-0.1, -0.05) is 6.07 Å². The van der Waals surface area contributed by atoms with E-state index in [0.29, 0.717) is 11.5 Å². The maximum absolute atomic E-state index is 8.61. The van der Waals surface area contributed by atoms with Crippen LogP contribution in [0.2, 0.25) is 0 Å². The molecule has 0 bridgehead atoms. The second-order valence-electron chi connectivity index (χ2n) is 3.04. The summed E-state index contributed by atoms with van der Waals surface area (Å²) in [4.78, 5) is 0. The maximum Gasteiger partial charge on any atom is 0.127 e. The molecule has 1 aromatic rings. The molecule has 0 spiro atoms. The van der Waals surface area contributed by atoms with Crippen molar-refractivity contribution in [1.82, 2.24) is 0 Å². The Labute approximate surface area is 101 Å². The number of nitrogens with zero attached hydrogens (tertiary/aromatic N) is 1. The first-order valence-electron chi connectivity index (χ1n) is 4.58. The number of ether oxygens (including phenoxy) is 2. The standard InChI is InChI=1S/C11H14N2O2.ClH/c1-14-9-4-3-5-10(15-2)11(9)8(13)6-7-12;/h3-5,8H,6,13H2,1-2H3;1H/t8-;/m1./s1. The Bertz CT molecular complexity index is 354. The van der Waals surface area contributed by atoms with Gasteiger partial charge in [0.1, 0.15) is 11.5 Å². The topological polar surface area (TPSA) is 68.3 Å². The summed E-state index contributed by atoms with van der Waals surface area (Å²) in [5.74, 6) is 1.30. The summed E-state index contributed by atoms with van der Waals surface area (Å²) in [7, 11) is 3.13. The van der Waals surface area contributed by atoms with Crippen LogP contribution in [0.3, 0.4) is 0 Å². The number of nitrogens with two attached hydrogens (primary N) is 1. The summed E-state index contributed by atoms with van der Waals surface area (Å²) < 4.78 is 10.4. The highest BCUT2D eigenvalue weighted by atomic mass is 35.5. The van der Waals surface area contributed by atoms with Gasteiger partial charge in [-0.25, -0.2) is 0 Å². The van der Waals surface area contributed by atoms with Crippen LogP contribution in [-0.4, -0.2) is 14.2 Å². The fourth-order valence-corrected chi connectivity index (χ4v) is 1.45. The van der Waals surface area contributed by atoms with Gasteiger partial charge in [0.2, 0.25) is 0 Å². The number of hydrogen-bond donors (Lipinski definition) is 1. The smallest absolute Gasteiger partial charge is 0.127 e. The van der Waals surface area contributed by atoms with Crippen LogP contribution in [0.15, 0.2) is 18.2 Å². The highest BCUT2D eigenvalue weighted by Crippen LogP contribution is 2.33. The van der Waals surface area contributed by atoms with E-state index in [4.69, 9.17) is 20.5 Å². The Morgan fingerprint density at radius 3 is 2.19 bits per heavy atom. The lowest BCUT2D eigenvalue weighted by atomic mass is 10.0. The van der Waals surface area contributed by atoms with Crippen LogP contribution >= 0.6 is 12.4 Å². The fraction of sp³-hybridized carbons (Fsp3) is 0.364. The van der Waals surface area contributed by atoms with Gasteiger partial charge in [-0.05, 0) is 12.1 Å². The van der Waals surface area contributed by atoms with Gasteiger partial charge < -0.3 is 15.2 Å². The molecule has 0 radical (unpaired) electrons. The van der Waals surface area contributed by atoms with E-state index in [2.05, 4.69) is 0 Å². The average molecular weight is 243 g/mol. The molecular formula is C11H15ClN2O2. The summed E-state index contributed by atoms with van der Waals surface area (Å²) in [5.41, 5.74) is 6.62. The molecule has 1 aromatic carbocycles. The fourth-order valence-electron chi connectivity index (χ4n) is 1.45. The van der Waals surface area contributed by atoms with Crippen LogP contribution in [0.25, 0.3) is 0 Å². The molecule has 0 aliphatic heterocycles. The van der Waals surface area contributed by atoms with Gasteiger partial charge in [-0.3, -0.25) is 0 Å². The zero-order valence-corrected chi connectivity index (χ0v) is 10.1. The zero-order valence-electron chi connectivity index (χ0n) is 9.27. The van der Waals surface area contributed by atoms with Crippen LogP contribution in [0.1, 0.15) is 18.0 Å². The molecule has 1 rings (SSSR count). The summed E-state index contributed by atoms with van der Waals surface area (Å²) >= 11 is 0. The first-order valence-corrected chi connectivity index (χ1v) is 4.58. The van der Waals surface area contributed by atoms with Crippen molar-refractivity contribution in [3.8, 4) is 17.6 Å². The van der Waals surface area contributed by atoms with Crippen LogP contribution in [0, 0.1) is 11.3 Å². The summed E-state index contributed by atoms with van der Waals surface area (Å²) in [6.07, 6.45) is 0.233. The highest BCUT2D eigenvalue weighted by Gasteiger charge is 2.16. The largest absolute Gasteiger partial charge is 0.496 e. The second-order valence-corrected chi connectivity index (χ2v) is 3.04. The Balaban J connectivity index is 0.00000225. The number of halogens is 1. The molecule has 0 fully saturated rings. The normalized spacial score (nSPS) is 10.9. The third kappa shape index (κ3) is 3.02. The van der Waals surface area contributed by atoms with Gasteiger partial charge in [-0.15, -0.1) is 12.4 Å². The first-order chi connectivity index (χ1) is 7.24. The Kier molecular flexibility index (Phi) is 6.31. The lowest BCUT2D eigenvalue weighted by molar-refractivity contribution is 0.379. The molecule has 0 amide bonds. The third-order valence-electron chi connectivity index (χ3n) is 2.15. The molecule has 16 heavy (non-hydrogen) atoms. The van der Waals surface area contributed by atoms with E-state index in [9.17, 15) is 0 Å². The molecule has 0 saturated carbocycles. The maximum atomic E-state index is 8.61. The summed E-state index contributed by atoms with van der Waals surface area (Å²) in [5, 5.41) is 8.61. The Hall–Kier alpha value is -1.44. The number of benzene rings is 1. The average Bonchev–Trinajstić information content (AvgIpc) is 2.28. The summed E-state index contributed by atoms with van der Waals surface area (Å²) in [6.45, 7) is 0. The van der Waals surface area contributed by atoms with Gasteiger partial charge in [0.15, 0.2) is 0 Å². The van der Waals surface area contributed by atoms with E-state index in [1.54, 1.807) is 26.4 Å². The van der Waals surface area contributed by atoms with E-state index in [1.165, 1.54) is 0 Å². The van der Waals surface area contributed by atoms with Crippen molar-refractivity contribution >= 4 is 12.4 Å². The number of methoxy groups -OCH3 is 2. The van der Waals surface area contributed by atoms with E-state index >= 15 is 0 Å². The molecule has 0 heterocycles. The lowest BCUT2D eigenvalue weighted by Crippen LogP contribution is -2.12. The van der Waals surface area contributed by atoms with Crippen molar-refractivity contribution in [1.29, 1.82) is 5.26 Å². The predicted molar refractivity (Wildman–Crippen MR) is 64.0 cm³/mol. The van der Waals surface area contributed by atoms with E-state index < -0.39 is 0 Å². The predicted octanol–water partition coefficient (Wildman–Crippen LogP) is 2.04. The third-order valence-corrected chi connectivity index (χ3v) is 2.15. The molecule has 0 saturated heterocycles. The van der Waals surface area contributed by atoms with E-state index in [1.807, 2.05) is 12.1 Å². The van der Waals surface area contributed by atoms with Gasteiger partial charge in [0.05, 0.1) is 38.3 Å². The number of nitriles is 1. The first kappa shape index (κ1) is 14.6. The molecule has 0 aliphatic carbocycles. The molecule has 5 heteroatoms. The van der Waals surface area contributed by atoms with Crippen molar-refractivity contribution < 1.29 is 9.47 Å². The van der Waals surface area contributed by atoms with E-state index in [-0.39, 0.29) is 24.9 Å². The molecule has 2 N–H and O–H groups in total. The van der Waals surface area contributed by atoms with Gasteiger partial charge in [-0.2, -0.15) is 5.26 Å². The lowest BCUT2D eigenvalue weighted by Gasteiger charge is -2.16.